The first-order valence-corrected chi connectivity index (χ1v) is 7.05. The van der Waals surface area contributed by atoms with Gasteiger partial charge in [0.2, 0.25) is 5.91 Å². The first kappa shape index (κ1) is 14.3. The highest BCUT2D eigenvalue weighted by molar-refractivity contribution is 5.94. The largest absolute Gasteiger partial charge is 0.315 e. The van der Waals surface area contributed by atoms with Crippen LogP contribution < -0.4 is 4.90 Å². The minimum atomic E-state index is 0.0282. The molecular formula is C18H21NO. The number of carbonyl (C=O) groups excluding carboxylic acids is 1. The zero-order chi connectivity index (χ0) is 14.4. The van der Waals surface area contributed by atoms with Gasteiger partial charge < -0.3 is 4.90 Å². The summed E-state index contributed by atoms with van der Waals surface area (Å²) in [4.78, 5) is 14.1. The fourth-order valence-electron chi connectivity index (χ4n) is 2.26. The van der Waals surface area contributed by atoms with Gasteiger partial charge in [0, 0.05) is 18.7 Å². The van der Waals surface area contributed by atoms with Crippen LogP contribution in [-0.4, -0.2) is 13.0 Å². The quantitative estimate of drug-likeness (QED) is 0.804. The molecule has 2 nitrogen and oxygen atoms in total. The second kappa shape index (κ2) is 6.90. The lowest BCUT2D eigenvalue weighted by Gasteiger charge is -2.21. The van der Waals surface area contributed by atoms with Crippen LogP contribution in [0.5, 0.6) is 0 Å². The van der Waals surface area contributed by atoms with Crippen molar-refractivity contribution >= 4 is 11.6 Å². The third kappa shape index (κ3) is 3.70. The standard InChI is InChI=1S/C18H21NO/c1-15(13-14-16-9-5-3-6-10-16)18(20)19(2)17-11-7-4-8-12-17/h3-12,15H,13-14H2,1-2H3. The van der Waals surface area contributed by atoms with Crippen molar-refractivity contribution in [3.63, 3.8) is 0 Å². The number of carbonyl (C=O) groups is 1. The Kier molecular flexibility index (Phi) is 4.94. The SMILES string of the molecule is CC(CCc1ccccc1)C(=O)N(C)c1ccccc1. The third-order valence-corrected chi connectivity index (χ3v) is 3.60. The van der Waals surface area contributed by atoms with Gasteiger partial charge in [0.15, 0.2) is 0 Å². The predicted molar refractivity (Wildman–Crippen MR) is 83.8 cm³/mol. The Morgan fingerprint density at radius 2 is 1.55 bits per heavy atom. The predicted octanol–water partition coefficient (Wildman–Crippen LogP) is 3.92. The number of aryl methyl sites for hydroxylation is 1. The molecule has 20 heavy (non-hydrogen) atoms. The summed E-state index contributed by atoms with van der Waals surface area (Å²) < 4.78 is 0. The number of rotatable bonds is 5. The first-order chi connectivity index (χ1) is 9.68. The summed E-state index contributed by atoms with van der Waals surface area (Å²) in [6.07, 6.45) is 1.82. The van der Waals surface area contributed by atoms with E-state index in [0.29, 0.717) is 0 Å². The van der Waals surface area contributed by atoms with Gasteiger partial charge in [-0.1, -0.05) is 55.5 Å². The van der Waals surface area contributed by atoms with Crippen molar-refractivity contribution in [1.29, 1.82) is 0 Å². The Balaban J connectivity index is 1.92. The van der Waals surface area contributed by atoms with Crippen LogP contribution in [0.1, 0.15) is 18.9 Å². The Hall–Kier alpha value is -2.09. The molecule has 0 aromatic heterocycles. The summed E-state index contributed by atoms with van der Waals surface area (Å²) in [5.41, 5.74) is 2.23. The van der Waals surface area contributed by atoms with E-state index >= 15 is 0 Å². The minimum Gasteiger partial charge on any atom is -0.315 e. The molecule has 0 spiro atoms. The Labute approximate surface area is 121 Å². The van der Waals surface area contributed by atoms with Gasteiger partial charge in [-0.2, -0.15) is 0 Å². The number of nitrogens with zero attached hydrogens (tertiary/aromatic N) is 1. The van der Waals surface area contributed by atoms with E-state index in [4.69, 9.17) is 0 Å². The lowest BCUT2D eigenvalue weighted by atomic mass is 10.00. The molecule has 0 aliphatic rings. The monoisotopic (exact) mass is 267 g/mol. The smallest absolute Gasteiger partial charge is 0.229 e. The van der Waals surface area contributed by atoms with E-state index in [-0.39, 0.29) is 11.8 Å². The van der Waals surface area contributed by atoms with Crippen molar-refractivity contribution in [3.05, 3.63) is 66.2 Å². The zero-order valence-electron chi connectivity index (χ0n) is 12.1. The molecule has 104 valence electrons. The molecule has 2 heteroatoms. The third-order valence-electron chi connectivity index (χ3n) is 3.60. The highest BCUT2D eigenvalue weighted by atomic mass is 16.2. The lowest BCUT2D eigenvalue weighted by molar-refractivity contribution is -0.121. The fourth-order valence-corrected chi connectivity index (χ4v) is 2.26. The molecule has 1 unspecified atom stereocenters. The summed E-state index contributed by atoms with van der Waals surface area (Å²) >= 11 is 0. The van der Waals surface area contributed by atoms with Gasteiger partial charge in [-0.15, -0.1) is 0 Å². The summed E-state index contributed by atoms with van der Waals surface area (Å²) in [5.74, 6) is 0.201. The number of para-hydroxylation sites is 1. The molecule has 2 aromatic rings. The van der Waals surface area contributed by atoms with E-state index in [9.17, 15) is 4.79 Å². The van der Waals surface area contributed by atoms with Gasteiger partial charge in [-0.25, -0.2) is 0 Å². The van der Waals surface area contributed by atoms with E-state index in [1.807, 2.05) is 62.5 Å². The first-order valence-electron chi connectivity index (χ1n) is 7.05. The second-order valence-electron chi connectivity index (χ2n) is 5.16. The van der Waals surface area contributed by atoms with Crippen LogP contribution in [0, 0.1) is 5.92 Å². The zero-order valence-corrected chi connectivity index (χ0v) is 12.1. The fraction of sp³-hybridized carbons (Fsp3) is 0.278. The highest BCUT2D eigenvalue weighted by Gasteiger charge is 2.18. The molecule has 0 saturated heterocycles. The minimum absolute atomic E-state index is 0.0282. The molecule has 0 fully saturated rings. The van der Waals surface area contributed by atoms with Crippen molar-refractivity contribution in [2.45, 2.75) is 19.8 Å². The molecule has 2 rings (SSSR count). The average molecular weight is 267 g/mol. The lowest BCUT2D eigenvalue weighted by Crippen LogP contribution is -2.31. The van der Waals surface area contributed by atoms with Crippen LogP contribution in [0.15, 0.2) is 60.7 Å². The van der Waals surface area contributed by atoms with Crippen LogP contribution in [0.4, 0.5) is 5.69 Å². The van der Waals surface area contributed by atoms with E-state index < -0.39 is 0 Å². The molecular weight excluding hydrogens is 246 g/mol. The normalized spacial score (nSPS) is 11.9. The van der Waals surface area contributed by atoms with E-state index in [0.717, 1.165) is 18.5 Å². The number of benzene rings is 2. The van der Waals surface area contributed by atoms with E-state index in [1.54, 1.807) is 4.90 Å². The van der Waals surface area contributed by atoms with E-state index in [1.165, 1.54) is 5.56 Å². The van der Waals surface area contributed by atoms with Crippen molar-refractivity contribution in [2.24, 2.45) is 5.92 Å². The maximum atomic E-state index is 12.4. The maximum absolute atomic E-state index is 12.4. The van der Waals surface area contributed by atoms with Crippen molar-refractivity contribution in [1.82, 2.24) is 0 Å². The molecule has 0 heterocycles. The number of hydrogen-bond acceptors (Lipinski definition) is 1. The van der Waals surface area contributed by atoms with Gasteiger partial charge in [-0.05, 0) is 30.5 Å². The topological polar surface area (TPSA) is 20.3 Å². The second-order valence-corrected chi connectivity index (χ2v) is 5.16. The summed E-state index contributed by atoms with van der Waals surface area (Å²) in [5, 5.41) is 0. The van der Waals surface area contributed by atoms with E-state index in [2.05, 4.69) is 12.1 Å². The van der Waals surface area contributed by atoms with Crippen molar-refractivity contribution < 1.29 is 4.79 Å². The molecule has 0 N–H and O–H groups in total. The van der Waals surface area contributed by atoms with Gasteiger partial charge in [0.05, 0.1) is 0 Å². The van der Waals surface area contributed by atoms with Crippen molar-refractivity contribution in [2.75, 3.05) is 11.9 Å². The van der Waals surface area contributed by atoms with Crippen LogP contribution in [0.3, 0.4) is 0 Å². The molecule has 0 radical (unpaired) electrons. The van der Waals surface area contributed by atoms with Gasteiger partial charge in [-0.3, -0.25) is 4.79 Å². The van der Waals surface area contributed by atoms with Crippen LogP contribution >= 0.6 is 0 Å². The van der Waals surface area contributed by atoms with Gasteiger partial charge in [0.1, 0.15) is 0 Å². The average Bonchev–Trinajstić information content (AvgIpc) is 2.53. The molecule has 0 bridgehead atoms. The molecule has 2 aromatic carbocycles. The Morgan fingerprint density at radius 3 is 2.15 bits per heavy atom. The number of anilines is 1. The molecule has 0 aliphatic carbocycles. The van der Waals surface area contributed by atoms with Crippen LogP contribution in [0.2, 0.25) is 0 Å². The van der Waals surface area contributed by atoms with Gasteiger partial charge in [0.25, 0.3) is 0 Å². The molecule has 0 saturated carbocycles. The highest BCUT2D eigenvalue weighted by Crippen LogP contribution is 2.17. The van der Waals surface area contributed by atoms with Crippen LogP contribution in [-0.2, 0) is 11.2 Å². The maximum Gasteiger partial charge on any atom is 0.229 e. The summed E-state index contributed by atoms with van der Waals surface area (Å²) in [6, 6.07) is 20.1. The summed E-state index contributed by atoms with van der Waals surface area (Å²) in [7, 11) is 1.84. The molecule has 1 atom stereocenters. The number of hydrogen-bond donors (Lipinski definition) is 0. The molecule has 1 amide bonds. The number of amides is 1. The van der Waals surface area contributed by atoms with Crippen LogP contribution in [0.25, 0.3) is 0 Å². The Morgan fingerprint density at radius 1 is 1.00 bits per heavy atom. The van der Waals surface area contributed by atoms with Crippen molar-refractivity contribution in [3.8, 4) is 0 Å². The van der Waals surface area contributed by atoms with Gasteiger partial charge >= 0.3 is 0 Å². The Bertz CT molecular complexity index is 536. The summed E-state index contributed by atoms with van der Waals surface area (Å²) in [6.45, 7) is 2.00. The molecule has 0 aliphatic heterocycles.